The Labute approximate surface area is 126 Å². The highest BCUT2D eigenvalue weighted by Crippen LogP contribution is 2.30. The summed E-state index contributed by atoms with van der Waals surface area (Å²) < 4.78 is 5.52. The third-order valence-corrected chi connectivity index (χ3v) is 2.84. The summed E-state index contributed by atoms with van der Waals surface area (Å²) in [6.07, 6.45) is 2.35. The van der Waals surface area contributed by atoms with Crippen molar-refractivity contribution in [1.29, 1.82) is 0 Å². The van der Waals surface area contributed by atoms with Crippen molar-refractivity contribution in [3.8, 4) is 11.6 Å². The van der Waals surface area contributed by atoms with Gasteiger partial charge in [0.1, 0.15) is 22.9 Å². The van der Waals surface area contributed by atoms with Crippen LogP contribution in [0.2, 0.25) is 5.02 Å². The first-order chi connectivity index (χ1) is 10.1. The second-order valence-electron chi connectivity index (χ2n) is 4.14. The Hall–Kier alpha value is -2.41. The van der Waals surface area contributed by atoms with Crippen LogP contribution in [0.3, 0.4) is 0 Å². The molecular formula is C13H13ClN4O3. The summed E-state index contributed by atoms with van der Waals surface area (Å²) in [5.41, 5.74) is -0.169. The predicted octanol–water partition coefficient (Wildman–Crippen LogP) is 3.65. The van der Waals surface area contributed by atoms with E-state index in [-0.39, 0.29) is 10.7 Å². The Bertz CT molecular complexity index is 651. The summed E-state index contributed by atoms with van der Waals surface area (Å²) >= 11 is 5.82. The summed E-state index contributed by atoms with van der Waals surface area (Å²) in [5, 5.41) is 13.8. The van der Waals surface area contributed by atoms with Crippen LogP contribution < -0.4 is 10.1 Å². The van der Waals surface area contributed by atoms with E-state index in [1.165, 1.54) is 24.5 Å². The number of aromatic nitrogens is 2. The topological polar surface area (TPSA) is 90.2 Å². The largest absolute Gasteiger partial charge is 0.439 e. The van der Waals surface area contributed by atoms with Crippen LogP contribution in [0.15, 0.2) is 30.6 Å². The molecule has 0 spiro atoms. The van der Waals surface area contributed by atoms with E-state index in [1.807, 2.05) is 6.92 Å². The van der Waals surface area contributed by atoms with Crippen LogP contribution >= 0.6 is 11.6 Å². The van der Waals surface area contributed by atoms with E-state index in [1.54, 1.807) is 6.07 Å². The molecule has 2 rings (SSSR count). The minimum atomic E-state index is -0.552. The van der Waals surface area contributed by atoms with Gasteiger partial charge in [-0.25, -0.2) is 9.97 Å². The maximum atomic E-state index is 10.7. The molecule has 1 N–H and O–H groups in total. The molecule has 0 aliphatic heterocycles. The number of ether oxygens (including phenoxy) is 1. The van der Waals surface area contributed by atoms with Crippen molar-refractivity contribution < 1.29 is 9.66 Å². The van der Waals surface area contributed by atoms with E-state index in [4.69, 9.17) is 16.3 Å². The maximum absolute atomic E-state index is 10.7. The van der Waals surface area contributed by atoms with Gasteiger partial charge < -0.3 is 10.1 Å². The number of nitro benzene ring substituents is 1. The number of halogens is 1. The SMILES string of the molecule is CCCNc1cc(Oc2ccc([N+](=O)[O-])c(Cl)c2)ncn1. The zero-order valence-corrected chi connectivity index (χ0v) is 12.0. The fourth-order valence-corrected chi connectivity index (χ4v) is 1.80. The average molecular weight is 309 g/mol. The third kappa shape index (κ3) is 4.03. The zero-order chi connectivity index (χ0) is 15.2. The van der Waals surface area contributed by atoms with Gasteiger partial charge >= 0.3 is 0 Å². The van der Waals surface area contributed by atoms with Gasteiger partial charge in [-0.15, -0.1) is 0 Å². The van der Waals surface area contributed by atoms with E-state index < -0.39 is 4.92 Å². The first-order valence-corrected chi connectivity index (χ1v) is 6.65. The third-order valence-electron chi connectivity index (χ3n) is 2.54. The molecule has 110 valence electrons. The lowest BCUT2D eigenvalue weighted by molar-refractivity contribution is -0.384. The molecule has 0 aliphatic rings. The molecule has 0 bridgehead atoms. The van der Waals surface area contributed by atoms with Crippen molar-refractivity contribution in [1.82, 2.24) is 9.97 Å². The van der Waals surface area contributed by atoms with Gasteiger partial charge in [0.2, 0.25) is 5.88 Å². The average Bonchev–Trinajstić information content (AvgIpc) is 2.45. The molecule has 0 fully saturated rings. The van der Waals surface area contributed by atoms with E-state index >= 15 is 0 Å². The lowest BCUT2D eigenvalue weighted by Crippen LogP contribution is -2.02. The molecule has 0 amide bonds. The summed E-state index contributed by atoms with van der Waals surface area (Å²) in [5.74, 6) is 1.34. The Morgan fingerprint density at radius 3 is 2.86 bits per heavy atom. The monoisotopic (exact) mass is 308 g/mol. The smallest absolute Gasteiger partial charge is 0.288 e. The highest BCUT2D eigenvalue weighted by Gasteiger charge is 2.13. The molecule has 0 aliphatic carbocycles. The van der Waals surface area contributed by atoms with Gasteiger partial charge in [0, 0.05) is 24.7 Å². The molecule has 1 aromatic heterocycles. The molecule has 8 heteroatoms. The van der Waals surface area contributed by atoms with Crippen molar-refractivity contribution >= 4 is 23.1 Å². The van der Waals surface area contributed by atoms with Crippen LogP contribution in [0, 0.1) is 10.1 Å². The van der Waals surface area contributed by atoms with Crippen LogP contribution in [0.25, 0.3) is 0 Å². The molecule has 1 heterocycles. The minimum absolute atomic E-state index is 0.0101. The van der Waals surface area contributed by atoms with Gasteiger partial charge in [-0.05, 0) is 12.5 Å². The lowest BCUT2D eigenvalue weighted by atomic mass is 10.3. The Kier molecular flexibility index (Phi) is 4.89. The fraction of sp³-hybridized carbons (Fsp3) is 0.231. The van der Waals surface area contributed by atoms with Crippen LogP contribution in [0.1, 0.15) is 13.3 Å². The van der Waals surface area contributed by atoms with Gasteiger partial charge in [0.05, 0.1) is 4.92 Å². The number of hydrogen-bond donors (Lipinski definition) is 1. The van der Waals surface area contributed by atoms with Gasteiger partial charge in [0.25, 0.3) is 5.69 Å². The van der Waals surface area contributed by atoms with Crippen LogP contribution in [-0.2, 0) is 0 Å². The Morgan fingerprint density at radius 1 is 1.38 bits per heavy atom. The number of nitrogens with one attached hydrogen (secondary N) is 1. The number of nitro groups is 1. The molecule has 0 saturated carbocycles. The zero-order valence-electron chi connectivity index (χ0n) is 11.2. The van der Waals surface area contributed by atoms with Crippen LogP contribution in [0.4, 0.5) is 11.5 Å². The first-order valence-electron chi connectivity index (χ1n) is 6.28. The van der Waals surface area contributed by atoms with E-state index in [9.17, 15) is 10.1 Å². The predicted molar refractivity (Wildman–Crippen MR) is 79.0 cm³/mol. The van der Waals surface area contributed by atoms with Crippen molar-refractivity contribution in [2.24, 2.45) is 0 Å². The molecular weight excluding hydrogens is 296 g/mol. The van der Waals surface area contributed by atoms with E-state index in [2.05, 4.69) is 15.3 Å². The normalized spacial score (nSPS) is 10.2. The summed E-state index contributed by atoms with van der Waals surface area (Å²) in [6.45, 7) is 2.84. The van der Waals surface area contributed by atoms with Gasteiger partial charge in [0.15, 0.2) is 0 Å². The maximum Gasteiger partial charge on any atom is 0.288 e. The van der Waals surface area contributed by atoms with Crippen molar-refractivity contribution in [2.75, 3.05) is 11.9 Å². The van der Waals surface area contributed by atoms with E-state index in [0.717, 1.165) is 13.0 Å². The number of benzene rings is 1. The van der Waals surface area contributed by atoms with Crippen LogP contribution in [-0.4, -0.2) is 21.4 Å². The molecule has 7 nitrogen and oxygen atoms in total. The summed E-state index contributed by atoms with van der Waals surface area (Å²) in [6, 6.07) is 5.77. The van der Waals surface area contributed by atoms with Gasteiger partial charge in [-0.3, -0.25) is 10.1 Å². The van der Waals surface area contributed by atoms with Gasteiger partial charge in [-0.2, -0.15) is 0 Å². The quantitative estimate of drug-likeness (QED) is 0.647. The van der Waals surface area contributed by atoms with Gasteiger partial charge in [-0.1, -0.05) is 18.5 Å². The second-order valence-corrected chi connectivity index (χ2v) is 4.55. The number of rotatable bonds is 6. The lowest BCUT2D eigenvalue weighted by Gasteiger charge is -2.07. The Morgan fingerprint density at radius 2 is 2.19 bits per heavy atom. The molecule has 0 saturated heterocycles. The van der Waals surface area contributed by atoms with Crippen molar-refractivity contribution in [3.63, 3.8) is 0 Å². The highest BCUT2D eigenvalue weighted by atomic mass is 35.5. The first kappa shape index (κ1) is 15.0. The standard InChI is InChI=1S/C13H13ClN4O3/c1-2-5-15-12-7-13(17-8-16-12)21-9-3-4-11(18(19)20)10(14)6-9/h3-4,6-8H,2,5H2,1H3,(H,15,16,17). The molecule has 21 heavy (non-hydrogen) atoms. The van der Waals surface area contributed by atoms with E-state index in [0.29, 0.717) is 17.4 Å². The Balaban J connectivity index is 2.14. The summed E-state index contributed by atoms with van der Waals surface area (Å²) in [4.78, 5) is 18.2. The number of anilines is 1. The van der Waals surface area contributed by atoms with Crippen LogP contribution in [0.5, 0.6) is 11.6 Å². The van der Waals surface area contributed by atoms with Crippen molar-refractivity contribution in [3.05, 3.63) is 45.7 Å². The molecule has 0 atom stereocenters. The molecule has 2 aromatic rings. The number of nitrogens with zero attached hydrogens (tertiary/aromatic N) is 3. The summed E-state index contributed by atoms with van der Waals surface area (Å²) in [7, 11) is 0. The minimum Gasteiger partial charge on any atom is -0.439 e. The molecule has 0 radical (unpaired) electrons. The van der Waals surface area contributed by atoms with Crippen molar-refractivity contribution in [2.45, 2.75) is 13.3 Å². The number of hydrogen-bond acceptors (Lipinski definition) is 6. The highest BCUT2D eigenvalue weighted by molar-refractivity contribution is 6.32. The molecule has 1 aromatic carbocycles. The fourth-order valence-electron chi connectivity index (χ4n) is 1.56. The second kappa shape index (κ2) is 6.85. The molecule has 0 unspecified atom stereocenters.